The summed E-state index contributed by atoms with van der Waals surface area (Å²) in [5, 5.41) is 4.08. The van der Waals surface area contributed by atoms with Crippen LogP contribution in [-0.2, 0) is 0 Å². The Morgan fingerprint density at radius 2 is 1.73 bits per heavy atom. The van der Waals surface area contributed by atoms with E-state index in [1.807, 2.05) is 58.0 Å². The number of hydrogen-bond acceptors (Lipinski definition) is 7. The molecule has 8 nitrogen and oxygen atoms in total. The van der Waals surface area contributed by atoms with Gasteiger partial charge in [0.05, 0.1) is 18.7 Å². The third-order valence-corrected chi connectivity index (χ3v) is 4.60. The summed E-state index contributed by atoms with van der Waals surface area (Å²) in [5.41, 5.74) is 2.63. The summed E-state index contributed by atoms with van der Waals surface area (Å²) in [6, 6.07) is 10.9. The van der Waals surface area contributed by atoms with Gasteiger partial charge in [-0.2, -0.15) is 4.98 Å². The van der Waals surface area contributed by atoms with E-state index in [-0.39, 0.29) is 11.8 Å². The average Bonchev–Trinajstić information content (AvgIpc) is 3.33. The highest BCUT2D eigenvalue weighted by atomic mass is 16.5. The number of benzene rings is 2. The van der Waals surface area contributed by atoms with Gasteiger partial charge in [0, 0.05) is 17.2 Å². The molecule has 0 aliphatic heterocycles. The molecule has 0 fully saturated rings. The third-order valence-electron chi connectivity index (χ3n) is 4.60. The topological polar surface area (TPSA) is 92.5 Å². The van der Waals surface area contributed by atoms with Gasteiger partial charge in [0.15, 0.2) is 17.1 Å². The molecule has 0 amide bonds. The largest absolute Gasteiger partial charge is 0.490 e. The van der Waals surface area contributed by atoms with E-state index in [0.29, 0.717) is 47.6 Å². The molecule has 2 heterocycles. The van der Waals surface area contributed by atoms with Gasteiger partial charge in [0.1, 0.15) is 0 Å². The monoisotopic (exact) mass is 409 g/mol. The molecule has 0 bridgehead atoms. The average molecular weight is 409 g/mol. The van der Waals surface area contributed by atoms with Crippen LogP contribution in [0, 0.1) is 0 Å². The lowest BCUT2D eigenvalue weighted by Crippen LogP contribution is -2.15. The fourth-order valence-corrected chi connectivity index (χ4v) is 3.31. The molecule has 30 heavy (non-hydrogen) atoms. The molecule has 0 aliphatic rings. The number of hydrogen-bond donors (Lipinski definition) is 0. The van der Waals surface area contributed by atoms with Crippen molar-refractivity contribution in [3.05, 3.63) is 46.9 Å². The minimum absolute atomic E-state index is 0.000530. The van der Waals surface area contributed by atoms with Crippen molar-refractivity contribution in [1.29, 1.82) is 0 Å². The molecule has 4 rings (SSSR count). The predicted molar refractivity (Wildman–Crippen MR) is 112 cm³/mol. The molecule has 0 aliphatic carbocycles. The van der Waals surface area contributed by atoms with Gasteiger partial charge < -0.3 is 18.4 Å². The lowest BCUT2D eigenvalue weighted by atomic mass is 10.2. The van der Waals surface area contributed by atoms with Crippen LogP contribution in [0.5, 0.6) is 11.5 Å². The second-order valence-corrected chi connectivity index (χ2v) is 6.96. The number of ether oxygens (including phenoxy) is 2. The van der Waals surface area contributed by atoms with Crippen LogP contribution in [-0.4, -0.2) is 27.9 Å². The van der Waals surface area contributed by atoms with E-state index in [0.717, 1.165) is 11.1 Å². The first-order valence-electron chi connectivity index (χ1n) is 9.91. The molecular weight excluding hydrogens is 386 g/mol. The minimum atomic E-state index is -0.385. The standard InChI is InChI=1S/C22H23N3O5/c1-5-27-17-10-8-15(12-19(17)28-6-2)21-23-20(24-30-21)14-7-9-16-18(11-14)29-22(26)25(16)13(3)4/h7-13H,5-6H2,1-4H3. The summed E-state index contributed by atoms with van der Waals surface area (Å²) in [7, 11) is 0. The number of fused-ring (bicyclic) bond motifs is 1. The molecule has 0 saturated carbocycles. The Kier molecular flexibility index (Phi) is 5.31. The fourth-order valence-electron chi connectivity index (χ4n) is 3.31. The third kappa shape index (κ3) is 3.56. The van der Waals surface area contributed by atoms with Crippen LogP contribution in [0.1, 0.15) is 33.7 Å². The molecule has 2 aromatic carbocycles. The van der Waals surface area contributed by atoms with E-state index in [1.165, 1.54) is 0 Å². The lowest BCUT2D eigenvalue weighted by Gasteiger charge is -2.11. The van der Waals surface area contributed by atoms with Gasteiger partial charge in [-0.3, -0.25) is 4.57 Å². The van der Waals surface area contributed by atoms with Crippen LogP contribution >= 0.6 is 0 Å². The molecule has 0 atom stereocenters. The number of aromatic nitrogens is 3. The van der Waals surface area contributed by atoms with E-state index in [1.54, 1.807) is 10.6 Å². The van der Waals surface area contributed by atoms with Crippen LogP contribution in [0.25, 0.3) is 33.9 Å². The van der Waals surface area contributed by atoms with Gasteiger partial charge in [-0.1, -0.05) is 5.16 Å². The van der Waals surface area contributed by atoms with Crippen molar-refractivity contribution >= 4 is 11.1 Å². The van der Waals surface area contributed by atoms with Crippen molar-refractivity contribution in [1.82, 2.24) is 14.7 Å². The molecule has 8 heteroatoms. The summed E-state index contributed by atoms with van der Waals surface area (Å²) >= 11 is 0. The zero-order valence-corrected chi connectivity index (χ0v) is 17.3. The Bertz CT molecular complexity index is 1240. The number of nitrogens with zero attached hydrogens (tertiary/aromatic N) is 3. The lowest BCUT2D eigenvalue weighted by molar-refractivity contribution is 0.288. The molecular formula is C22H23N3O5. The smallest absolute Gasteiger partial charge is 0.420 e. The van der Waals surface area contributed by atoms with Gasteiger partial charge in [0.25, 0.3) is 5.89 Å². The van der Waals surface area contributed by atoms with Gasteiger partial charge in [0.2, 0.25) is 5.82 Å². The number of oxazole rings is 1. The van der Waals surface area contributed by atoms with Crippen molar-refractivity contribution in [3.8, 4) is 34.3 Å². The summed E-state index contributed by atoms with van der Waals surface area (Å²) in [4.78, 5) is 16.6. The molecule has 156 valence electrons. The second kappa shape index (κ2) is 8.06. The van der Waals surface area contributed by atoms with Crippen molar-refractivity contribution in [2.24, 2.45) is 0 Å². The quantitative estimate of drug-likeness (QED) is 0.437. The number of rotatable bonds is 7. The van der Waals surface area contributed by atoms with E-state index < -0.39 is 0 Å². The Labute approximate surface area is 173 Å². The first-order valence-corrected chi connectivity index (χ1v) is 9.91. The van der Waals surface area contributed by atoms with Gasteiger partial charge >= 0.3 is 5.76 Å². The fraction of sp³-hybridized carbons (Fsp3) is 0.318. The zero-order valence-electron chi connectivity index (χ0n) is 17.3. The predicted octanol–water partition coefficient (Wildman–Crippen LogP) is 4.69. The van der Waals surface area contributed by atoms with Crippen molar-refractivity contribution in [2.75, 3.05) is 13.2 Å². The molecule has 0 N–H and O–H groups in total. The normalized spacial score (nSPS) is 11.4. The maximum Gasteiger partial charge on any atom is 0.420 e. The molecule has 0 spiro atoms. The van der Waals surface area contributed by atoms with Crippen LogP contribution in [0.4, 0.5) is 0 Å². The van der Waals surface area contributed by atoms with Crippen molar-refractivity contribution < 1.29 is 18.4 Å². The van der Waals surface area contributed by atoms with Gasteiger partial charge in [-0.25, -0.2) is 4.79 Å². The maximum atomic E-state index is 12.1. The van der Waals surface area contributed by atoms with E-state index in [4.69, 9.17) is 18.4 Å². The highest BCUT2D eigenvalue weighted by molar-refractivity contribution is 5.79. The molecule has 0 radical (unpaired) electrons. The van der Waals surface area contributed by atoms with E-state index >= 15 is 0 Å². The van der Waals surface area contributed by atoms with Gasteiger partial charge in [-0.15, -0.1) is 0 Å². The highest BCUT2D eigenvalue weighted by Crippen LogP contribution is 2.33. The van der Waals surface area contributed by atoms with E-state index in [9.17, 15) is 4.79 Å². The summed E-state index contributed by atoms with van der Waals surface area (Å²) in [6.45, 7) is 8.75. The van der Waals surface area contributed by atoms with Gasteiger partial charge in [-0.05, 0) is 64.1 Å². The SMILES string of the molecule is CCOc1ccc(-c2nc(-c3ccc4c(c3)oc(=O)n4C(C)C)no2)cc1OCC. The highest BCUT2D eigenvalue weighted by Gasteiger charge is 2.17. The van der Waals surface area contributed by atoms with Crippen LogP contribution in [0.2, 0.25) is 0 Å². The first-order chi connectivity index (χ1) is 14.5. The molecule has 0 saturated heterocycles. The molecule has 4 aromatic rings. The van der Waals surface area contributed by atoms with Crippen LogP contribution in [0.15, 0.2) is 50.1 Å². The van der Waals surface area contributed by atoms with E-state index in [2.05, 4.69) is 10.1 Å². The second-order valence-electron chi connectivity index (χ2n) is 6.96. The Morgan fingerprint density at radius 1 is 1.00 bits per heavy atom. The first kappa shape index (κ1) is 19.8. The Balaban J connectivity index is 1.69. The maximum absolute atomic E-state index is 12.1. The van der Waals surface area contributed by atoms with Crippen LogP contribution < -0.4 is 15.2 Å². The summed E-state index contributed by atoms with van der Waals surface area (Å²) < 4.78 is 23.7. The molecule has 2 aromatic heterocycles. The van der Waals surface area contributed by atoms with Crippen molar-refractivity contribution in [2.45, 2.75) is 33.7 Å². The molecule has 0 unspecified atom stereocenters. The van der Waals surface area contributed by atoms with Crippen LogP contribution in [0.3, 0.4) is 0 Å². The van der Waals surface area contributed by atoms with Crippen molar-refractivity contribution in [3.63, 3.8) is 0 Å². The summed E-state index contributed by atoms with van der Waals surface area (Å²) in [6.07, 6.45) is 0. The zero-order chi connectivity index (χ0) is 21.3. The summed E-state index contributed by atoms with van der Waals surface area (Å²) in [5.74, 6) is 1.66. The Morgan fingerprint density at radius 3 is 2.47 bits per heavy atom. The minimum Gasteiger partial charge on any atom is -0.490 e. The Hall–Kier alpha value is -3.55.